The first-order valence-electron chi connectivity index (χ1n) is 9.27. The van der Waals surface area contributed by atoms with Crippen LogP contribution in [0.25, 0.3) is 17.1 Å². The summed E-state index contributed by atoms with van der Waals surface area (Å²) in [6.07, 6.45) is -4.48. The summed E-state index contributed by atoms with van der Waals surface area (Å²) in [6.45, 7) is 1.29. The quantitative estimate of drug-likeness (QED) is 0.570. The molecule has 0 aliphatic carbocycles. The van der Waals surface area contributed by atoms with Crippen LogP contribution in [-0.4, -0.2) is 53.5 Å². The number of alkyl halides is 3. The Kier molecular flexibility index (Phi) is 5.87. The lowest BCUT2D eigenvalue weighted by Crippen LogP contribution is -2.22. The molecule has 2 heterocycles. The smallest absolute Gasteiger partial charge is 0.406 e. The molecule has 1 aliphatic heterocycles. The number of nitrogens with zero attached hydrogens (tertiary/aromatic N) is 3. The van der Waals surface area contributed by atoms with Crippen molar-refractivity contribution in [3.05, 3.63) is 54.1 Å². The van der Waals surface area contributed by atoms with E-state index in [2.05, 4.69) is 20.1 Å². The molecule has 162 valence electrons. The fourth-order valence-corrected chi connectivity index (χ4v) is 2.93. The average molecular weight is 434 g/mol. The maximum Gasteiger partial charge on any atom is 0.573 e. The first kappa shape index (κ1) is 20.8. The normalized spacial score (nSPS) is 14.5. The van der Waals surface area contributed by atoms with Crippen molar-refractivity contribution in [3.63, 3.8) is 0 Å². The van der Waals surface area contributed by atoms with Crippen LogP contribution in [0.1, 0.15) is 10.4 Å². The zero-order valence-electron chi connectivity index (χ0n) is 16.0. The highest BCUT2D eigenvalue weighted by molar-refractivity contribution is 5.76. The molecule has 0 amide bonds. The minimum absolute atomic E-state index is 0.303. The number of carbonyl (C=O) groups is 1. The molecule has 1 aromatic heterocycles. The van der Waals surface area contributed by atoms with E-state index < -0.39 is 12.7 Å². The van der Waals surface area contributed by atoms with Crippen molar-refractivity contribution < 1.29 is 32.2 Å². The number of ether oxygens (including phenoxy) is 3. The van der Waals surface area contributed by atoms with Crippen LogP contribution in [-0.2, 0) is 9.47 Å². The number of carbonyl (C=O) groups excluding carboxylic acids is 1. The number of nitrogens with one attached hydrogen (secondary N) is 1. The molecule has 1 fully saturated rings. The van der Waals surface area contributed by atoms with Crippen LogP contribution in [0.5, 0.6) is 5.75 Å². The van der Waals surface area contributed by atoms with Gasteiger partial charge in [-0.05, 0) is 24.3 Å². The monoisotopic (exact) mass is 434 g/mol. The predicted molar refractivity (Wildman–Crippen MR) is 103 cm³/mol. The lowest BCUT2D eigenvalue weighted by Gasteiger charge is -2.12. The van der Waals surface area contributed by atoms with Gasteiger partial charge in [-0.15, -0.1) is 18.3 Å². The molecule has 0 spiro atoms. The number of halogens is 3. The topological polar surface area (TPSA) is 87.5 Å². The van der Waals surface area contributed by atoms with Crippen LogP contribution in [0.4, 0.5) is 19.1 Å². The summed E-state index contributed by atoms with van der Waals surface area (Å²) in [4.78, 5) is 15.4. The third-order valence-corrected chi connectivity index (χ3v) is 4.34. The Balaban J connectivity index is 1.63. The van der Waals surface area contributed by atoms with E-state index in [1.807, 2.05) is 0 Å². The zero-order valence-corrected chi connectivity index (χ0v) is 16.0. The molecule has 4 rings (SSSR count). The van der Waals surface area contributed by atoms with Gasteiger partial charge < -0.3 is 19.5 Å². The Labute approximate surface area is 174 Å². The molecule has 3 aromatic rings. The molecule has 0 radical (unpaired) electrons. The van der Waals surface area contributed by atoms with E-state index in [0.717, 1.165) is 6.29 Å². The molecule has 31 heavy (non-hydrogen) atoms. The van der Waals surface area contributed by atoms with Crippen molar-refractivity contribution in [2.75, 3.05) is 25.1 Å². The SMILES string of the molecule is O=Cc1ccc(-c2nc(NCC3OCCO3)n(-c3ccc(OC(F)(F)F)cc3)n2)cc1. The van der Waals surface area contributed by atoms with Gasteiger partial charge in [-0.2, -0.15) is 9.67 Å². The number of anilines is 1. The summed E-state index contributed by atoms with van der Waals surface area (Å²) in [6, 6.07) is 11.9. The van der Waals surface area contributed by atoms with E-state index in [0.29, 0.717) is 48.3 Å². The number of hydrogen-bond donors (Lipinski definition) is 1. The van der Waals surface area contributed by atoms with Gasteiger partial charge in [0.15, 0.2) is 12.1 Å². The second kappa shape index (κ2) is 8.74. The largest absolute Gasteiger partial charge is 0.573 e. The number of aldehydes is 1. The van der Waals surface area contributed by atoms with Crippen LogP contribution in [0.3, 0.4) is 0 Å². The number of aromatic nitrogens is 3. The van der Waals surface area contributed by atoms with Crippen LogP contribution >= 0.6 is 0 Å². The van der Waals surface area contributed by atoms with Gasteiger partial charge >= 0.3 is 6.36 Å². The second-order valence-electron chi connectivity index (χ2n) is 6.50. The average Bonchev–Trinajstić information content (AvgIpc) is 3.42. The van der Waals surface area contributed by atoms with Gasteiger partial charge in [-0.1, -0.05) is 24.3 Å². The molecule has 0 atom stereocenters. The van der Waals surface area contributed by atoms with Crippen molar-refractivity contribution in [3.8, 4) is 22.8 Å². The fraction of sp³-hybridized carbons (Fsp3) is 0.250. The Morgan fingerprint density at radius 2 is 1.77 bits per heavy atom. The summed E-state index contributed by atoms with van der Waals surface area (Å²) < 4.78 is 53.4. The van der Waals surface area contributed by atoms with E-state index in [1.165, 1.54) is 28.9 Å². The van der Waals surface area contributed by atoms with Crippen molar-refractivity contribution in [2.45, 2.75) is 12.7 Å². The third kappa shape index (κ3) is 5.19. The molecular formula is C20H17F3N4O4. The molecule has 1 saturated heterocycles. The van der Waals surface area contributed by atoms with Crippen LogP contribution in [0.15, 0.2) is 48.5 Å². The van der Waals surface area contributed by atoms with Gasteiger partial charge in [-0.25, -0.2) is 0 Å². The highest BCUT2D eigenvalue weighted by Crippen LogP contribution is 2.26. The first-order valence-corrected chi connectivity index (χ1v) is 9.27. The van der Waals surface area contributed by atoms with Gasteiger partial charge in [0, 0.05) is 11.1 Å². The summed E-state index contributed by atoms with van der Waals surface area (Å²) in [7, 11) is 0. The van der Waals surface area contributed by atoms with Crippen molar-refractivity contribution in [2.24, 2.45) is 0 Å². The lowest BCUT2D eigenvalue weighted by atomic mass is 10.1. The summed E-state index contributed by atoms with van der Waals surface area (Å²) in [5, 5.41) is 7.56. The van der Waals surface area contributed by atoms with Crippen LogP contribution in [0.2, 0.25) is 0 Å². The van der Waals surface area contributed by atoms with Crippen LogP contribution in [0, 0.1) is 0 Å². The van der Waals surface area contributed by atoms with E-state index in [-0.39, 0.29) is 5.75 Å². The molecule has 1 N–H and O–H groups in total. The zero-order chi connectivity index (χ0) is 21.8. The summed E-state index contributed by atoms with van der Waals surface area (Å²) >= 11 is 0. The molecule has 11 heteroatoms. The summed E-state index contributed by atoms with van der Waals surface area (Å²) in [5.74, 6) is 0.366. The lowest BCUT2D eigenvalue weighted by molar-refractivity contribution is -0.274. The van der Waals surface area contributed by atoms with Crippen molar-refractivity contribution in [1.82, 2.24) is 14.8 Å². The van der Waals surface area contributed by atoms with Gasteiger partial charge in [0.25, 0.3) is 0 Å². The van der Waals surface area contributed by atoms with E-state index in [9.17, 15) is 18.0 Å². The van der Waals surface area contributed by atoms with Gasteiger partial charge in [0.2, 0.25) is 5.95 Å². The van der Waals surface area contributed by atoms with E-state index in [1.54, 1.807) is 24.3 Å². The minimum atomic E-state index is -4.77. The molecule has 0 bridgehead atoms. The number of benzene rings is 2. The fourth-order valence-electron chi connectivity index (χ4n) is 2.93. The third-order valence-electron chi connectivity index (χ3n) is 4.34. The molecule has 0 unspecified atom stereocenters. The molecule has 1 aliphatic rings. The van der Waals surface area contributed by atoms with Gasteiger partial charge in [-0.3, -0.25) is 4.79 Å². The highest BCUT2D eigenvalue weighted by Gasteiger charge is 2.31. The summed E-state index contributed by atoms with van der Waals surface area (Å²) in [5.41, 5.74) is 1.64. The second-order valence-corrected chi connectivity index (χ2v) is 6.50. The van der Waals surface area contributed by atoms with E-state index >= 15 is 0 Å². The van der Waals surface area contributed by atoms with Crippen molar-refractivity contribution >= 4 is 12.2 Å². The Morgan fingerprint density at radius 1 is 1.10 bits per heavy atom. The minimum Gasteiger partial charge on any atom is -0.406 e. The number of hydrogen-bond acceptors (Lipinski definition) is 7. The number of rotatable bonds is 7. The standard InChI is InChI=1S/C20H17F3N4O4/c21-20(22,23)31-16-7-5-15(6-8-16)27-19(24-11-17-29-9-10-30-17)25-18(26-27)14-3-1-13(12-28)2-4-14/h1-8,12,17H,9-11H2,(H,24,25,26). The first-order chi connectivity index (χ1) is 14.9. The van der Waals surface area contributed by atoms with Crippen molar-refractivity contribution in [1.29, 1.82) is 0 Å². The Hall–Kier alpha value is -3.44. The van der Waals surface area contributed by atoms with Gasteiger partial charge in [0.05, 0.1) is 25.4 Å². The maximum atomic E-state index is 12.4. The van der Waals surface area contributed by atoms with Crippen LogP contribution < -0.4 is 10.1 Å². The molecule has 8 nitrogen and oxygen atoms in total. The molecule has 0 saturated carbocycles. The van der Waals surface area contributed by atoms with E-state index in [4.69, 9.17) is 9.47 Å². The maximum absolute atomic E-state index is 12.4. The Morgan fingerprint density at radius 3 is 2.39 bits per heavy atom. The Bertz CT molecular complexity index is 1030. The molecular weight excluding hydrogens is 417 g/mol. The molecule has 2 aromatic carbocycles. The highest BCUT2D eigenvalue weighted by atomic mass is 19.4. The predicted octanol–water partition coefficient (Wildman–Crippen LogP) is 3.43. The van der Waals surface area contributed by atoms with Gasteiger partial charge in [0.1, 0.15) is 12.0 Å².